The molecule has 172 valence electrons. The second-order valence-electron chi connectivity index (χ2n) is 7.27. The van der Waals surface area contributed by atoms with Crippen LogP contribution in [0.15, 0.2) is 48.2 Å². The third kappa shape index (κ3) is 5.48. The fourth-order valence-electron chi connectivity index (χ4n) is 3.10. The van der Waals surface area contributed by atoms with E-state index in [9.17, 15) is 19.2 Å². The van der Waals surface area contributed by atoms with Crippen molar-refractivity contribution in [2.24, 2.45) is 0 Å². The van der Waals surface area contributed by atoms with Crippen LogP contribution in [-0.4, -0.2) is 53.6 Å². The summed E-state index contributed by atoms with van der Waals surface area (Å²) in [5, 5.41) is 14.2. The number of carbonyl (C=O) groups is 4. The maximum absolute atomic E-state index is 12.8. The van der Waals surface area contributed by atoms with Crippen molar-refractivity contribution in [3.63, 3.8) is 0 Å². The summed E-state index contributed by atoms with van der Waals surface area (Å²) in [4.78, 5) is 49.5. The van der Waals surface area contributed by atoms with E-state index in [0.29, 0.717) is 11.3 Å². The molecular formula is C23H23N3O7. The van der Waals surface area contributed by atoms with E-state index in [1.807, 2.05) is 13.0 Å². The van der Waals surface area contributed by atoms with Crippen LogP contribution in [0.5, 0.6) is 11.5 Å². The lowest BCUT2D eigenvalue weighted by molar-refractivity contribution is -0.144. The van der Waals surface area contributed by atoms with Gasteiger partial charge in [0.25, 0.3) is 5.91 Å². The molecule has 1 atom stereocenters. The van der Waals surface area contributed by atoms with Crippen LogP contribution in [0.4, 0.5) is 10.5 Å². The van der Waals surface area contributed by atoms with Gasteiger partial charge in [0.1, 0.15) is 12.2 Å². The molecule has 33 heavy (non-hydrogen) atoms. The minimum absolute atomic E-state index is 0.0931. The largest absolute Gasteiger partial charge is 0.493 e. The molecular weight excluding hydrogens is 430 g/mol. The van der Waals surface area contributed by atoms with Gasteiger partial charge in [-0.3, -0.25) is 9.59 Å². The van der Waals surface area contributed by atoms with E-state index in [-0.39, 0.29) is 17.2 Å². The smallest absolute Gasteiger partial charge is 0.344 e. The number of nitrogens with one attached hydrogen (secondary N) is 2. The maximum atomic E-state index is 12.8. The third-order valence-corrected chi connectivity index (χ3v) is 4.74. The number of carboxylic acids is 1. The molecule has 0 aliphatic carbocycles. The fourth-order valence-corrected chi connectivity index (χ4v) is 3.10. The number of aryl methyl sites for hydroxylation is 1. The second-order valence-corrected chi connectivity index (χ2v) is 7.27. The molecule has 0 spiro atoms. The number of benzene rings is 2. The number of amides is 4. The van der Waals surface area contributed by atoms with Crippen molar-refractivity contribution in [3.8, 4) is 11.5 Å². The van der Waals surface area contributed by atoms with Crippen molar-refractivity contribution in [2.45, 2.75) is 20.0 Å². The Balaban J connectivity index is 1.80. The fraction of sp³-hybridized carbons (Fsp3) is 0.217. The normalized spacial score (nSPS) is 15.2. The highest BCUT2D eigenvalue weighted by molar-refractivity contribution is 6.16. The van der Waals surface area contributed by atoms with Gasteiger partial charge in [-0.1, -0.05) is 24.3 Å². The summed E-state index contributed by atoms with van der Waals surface area (Å²) in [6.07, 6.45) is 0.152. The molecule has 1 heterocycles. The summed E-state index contributed by atoms with van der Waals surface area (Å²) in [6, 6.07) is 11.1. The molecule has 0 unspecified atom stereocenters. The predicted octanol–water partition coefficient (Wildman–Crippen LogP) is 2.39. The standard InChI is InChI=1S/C23H23N3O7/c1-13-6-4-8-16(10-13)24-19(27)12-26-21(28)17(25-23(26)31)11-15-7-5-9-18(32-3)20(15)33-14(2)22(29)30/h4-11,14H,12H2,1-3H3,(H,24,27)(H,25,31)(H,29,30)/b17-11-/t14-/m1/s1. The molecule has 4 amide bonds. The minimum atomic E-state index is -1.19. The van der Waals surface area contributed by atoms with Crippen LogP contribution in [-0.2, 0) is 14.4 Å². The Kier molecular flexibility index (Phi) is 6.97. The zero-order valence-electron chi connectivity index (χ0n) is 18.2. The molecule has 2 aromatic rings. The van der Waals surface area contributed by atoms with Gasteiger partial charge in [-0.15, -0.1) is 0 Å². The summed E-state index contributed by atoms with van der Waals surface area (Å²) in [5.74, 6) is -2.08. The Morgan fingerprint density at radius 2 is 1.94 bits per heavy atom. The van der Waals surface area contributed by atoms with Crippen molar-refractivity contribution >= 4 is 35.6 Å². The first-order chi connectivity index (χ1) is 15.7. The molecule has 1 saturated heterocycles. The molecule has 3 N–H and O–H groups in total. The maximum Gasteiger partial charge on any atom is 0.344 e. The molecule has 10 heteroatoms. The predicted molar refractivity (Wildman–Crippen MR) is 119 cm³/mol. The number of carboxylic acid groups (broad SMARTS) is 1. The number of rotatable bonds is 8. The first-order valence-corrected chi connectivity index (χ1v) is 9.97. The summed E-state index contributed by atoms with van der Waals surface area (Å²) >= 11 is 0. The molecule has 0 saturated carbocycles. The number of methoxy groups -OCH3 is 1. The highest BCUT2D eigenvalue weighted by Crippen LogP contribution is 2.34. The zero-order chi connectivity index (χ0) is 24.1. The molecule has 3 rings (SSSR count). The lowest BCUT2D eigenvalue weighted by Crippen LogP contribution is -2.38. The Bertz CT molecular complexity index is 1140. The molecule has 0 aromatic heterocycles. The van der Waals surface area contributed by atoms with Gasteiger partial charge >= 0.3 is 12.0 Å². The first-order valence-electron chi connectivity index (χ1n) is 9.97. The summed E-state index contributed by atoms with van der Waals surface area (Å²) < 4.78 is 10.7. The number of nitrogens with zero attached hydrogens (tertiary/aromatic N) is 1. The lowest BCUT2D eigenvalue weighted by atomic mass is 10.1. The lowest BCUT2D eigenvalue weighted by Gasteiger charge is -2.16. The zero-order valence-corrected chi connectivity index (χ0v) is 18.2. The number of anilines is 1. The minimum Gasteiger partial charge on any atom is -0.493 e. The molecule has 10 nitrogen and oxygen atoms in total. The summed E-state index contributed by atoms with van der Waals surface area (Å²) in [7, 11) is 1.39. The molecule has 0 radical (unpaired) electrons. The molecule has 0 bridgehead atoms. The van der Waals surface area contributed by atoms with Crippen LogP contribution in [0.3, 0.4) is 0 Å². The van der Waals surface area contributed by atoms with E-state index < -0.39 is 36.5 Å². The average molecular weight is 453 g/mol. The average Bonchev–Trinajstić information content (AvgIpc) is 3.02. The Labute approximate surface area is 189 Å². The first kappa shape index (κ1) is 23.3. The van der Waals surface area contributed by atoms with E-state index in [0.717, 1.165) is 10.5 Å². The van der Waals surface area contributed by atoms with Crippen LogP contribution in [0.25, 0.3) is 6.08 Å². The van der Waals surface area contributed by atoms with Gasteiger partial charge in [0.2, 0.25) is 5.91 Å². The number of ether oxygens (including phenoxy) is 2. The number of imide groups is 1. The van der Waals surface area contributed by atoms with Gasteiger partial charge in [0.05, 0.1) is 7.11 Å². The van der Waals surface area contributed by atoms with Crippen molar-refractivity contribution < 1.29 is 33.8 Å². The van der Waals surface area contributed by atoms with Crippen molar-refractivity contribution in [1.29, 1.82) is 0 Å². The highest BCUT2D eigenvalue weighted by Gasteiger charge is 2.35. The SMILES string of the molecule is COc1cccc(/C=C2\NC(=O)N(CC(=O)Nc3cccc(C)c3)C2=O)c1O[C@H](C)C(=O)O. The molecule has 1 aliphatic rings. The van der Waals surface area contributed by atoms with Crippen LogP contribution in [0.1, 0.15) is 18.1 Å². The van der Waals surface area contributed by atoms with Crippen molar-refractivity contribution in [2.75, 3.05) is 19.0 Å². The second kappa shape index (κ2) is 9.86. The molecule has 1 fully saturated rings. The van der Waals surface area contributed by atoms with Crippen LogP contribution < -0.4 is 20.1 Å². The number of carbonyl (C=O) groups excluding carboxylic acids is 3. The Morgan fingerprint density at radius 3 is 2.61 bits per heavy atom. The third-order valence-electron chi connectivity index (χ3n) is 4.74. The van der Waals surface area contributed by atoms with Gasteiger partial charge in [0, 0.05) is 11.3 Å². The van der Waals surface area contributed by atoms with E-state index in [1.54, 1.807) is 36.4 Å². The molecule has 1 aliphatic heterocycles. The summed E-state index contributed by atoms with van der Waals surface area (Å²) in [5.41, 5.74) is 1.72. The van der Waals surface area contributed by atoms with E-state index in [1.165, 1.54) is 20.1 Å². The van der Waals surface area contributed by atoms with Crippen molar-refractivity contribution in [1.82, 2.24) is 10.2 Å². The van der Waals surface area contributed by atoms with Gasteiger partial charge in [0.15, 0.2) is 17.6 Å². The van der Waals surface area contributed by atoms with E-state index in [2.05, 4.69) is 10.6 Å². The number of aliphatic carboxylic acids is 1. The van der Waals surface area contributed by atoms with Gasteiger partial charge < -0.3 is 25.2 Å². The number of para-hydroxylation sites is 1. The van der Waals surface area contributed by atoms with E-state index in [4.69, 9.17) is 14.6 Å². The van der Waals surface area contributed by atoms with Crippen LogP contribution in [0.2, 0.25) is 0 Å². The monoisotopic (exact) mass is 453 g/mol. The Hall–Kier alpha value is -4.34. The summed E-state index contributed by atoms with van der Waals surface area (Å²) in [6.45, 7) is 2.74. The van der Waals surface area contributed by atoms with Crippen LogP contribution in [0, 0.1) is 6.92 Å². The Morgan fingerprint density at radius 1 is 1.21 bits per heavy atom. The number of urea groups is 1. The van der Waals surface area contributed by atoms with Gasteiger partial charge in [-0.05, 0) is 43.7 Å². The quantitative estimate of drug-likeness (QED) is 0.413. The van der Waals surface area contributed by atoms with Crippen LogP contribution >= 0.6 is 0 Å². The molecule has 2 aromatic carbocycles. The van der Waals surface area contributed by atoms with Crippen molar-refractivity contribution in [3.05, 3.63) is 59.3 Å². The van der Waals surface area contributed by atoms with E-state index >= 15 is 0 Å². The highest BCUT2D eigenvalue weighted by atomic mass is 16.5. The topological polar surface area (TPSA) is 134 Å². The number of hydrogen-bond donors (Lipinski definition) is 3. The number of hydrogen-bond acceptors (Lipinski definition) is 6. The van der Waals surface area contributed by atoms with Gasteiger partial charge in [-0.25, -0.2) is 14.5 Å². The van der Waals surface area contributed by atoms with Gasteiger partial charge in [-0.2, -0.15) is 0 Å².